The maximum Gasteiger partial charge on any atom is 0.0562 e. The number of rotatable bonds is 4. The molecule has 0 radical (unpaired) electrons. The molecule has 0 amide bonds. The van der Waals surface area contributed by atoms with E-state index in [1.807, 2.05) is 6.07 Å². The molecule has 0 atom stereocenters. The van der Waals surface area contributed by atoms with Crippen molar-refractivity contribution in [1.29, 1.82) is 0 Å². The normalized spacial score (nSPS) is 11.9. The fraction of sp³-hybridized carbons (Fsp3) is 0. The van der Waals surface area contributed by atoms with E-state index < -0.39 is 0 Å². The predicted octanol–water partition coefficient (Wildman–Crippen LogP) is 10.1. The van der Waals surface area contributed by atoms with Gasteiger partial charge in [-0.25, -0.2) is 0 Å². The molecule has 0 aliphatic heterocycles. The summed E-state index contributed by atoms with van der Waals surface area (Å²) < 4.78 is 4.80. The van der Waals surface area contributed by atoms with Crippen LogP contribution in [0.2, 0.25) is 0 Å². The molecule has 188 valence electrons. The van der Waals surface area contributed by atoms with Crippen LogP contribution in [0.1, 0.15) is 11.1 Å². The predicted molar refractivity (Wildman–Crippen MR) is 170 cm³/mol. The first-order chi connectivity index (χ1) is 19.8. The molecule has 0 N–H and O–H groups in total. The summed E-state index contributed by atoms with van der Waals surface area (Å²) in [6, 6.07) is 52.2. The molecule has 2 heteroatoms. The molecule has 0 bridgehead atoms. The Morgan fingerprint density at radius 1 is 0.325 bits per heavy atom. The van der Waals surface area contributed by atoms with E-state index in [-0.39, 0.29) is 0 Å². The smallest absolute Gasteiger partial charge is 0.0562 e. The van der Waals surface area contributed by atoms with Crippen LogP contribution in [0.15, 0.2) is 146 Å². The lowest BCUT2D eigenvalue weighted by atomic mass is 10.1. The van der Waals surface area contributed by atoms with Crippen molar-refractivity contribution in [2.24, 2.45) is 0 Å². The SMILES string of the molecule is C(=C/c1ccc(-n2c3ccccc3c3cc4c5ccccc5n(-c5ccccc5)c4cc32)cc1)/c1ccccc1. The minimum Gasteiger partial charge on any atom is -0.309 e. The Bertz CT molecular complexity index is 2180. The van der Waals surface area contributed by atoms with E-state index in [4.69, 9.17) is 0 Å². The summed E-state index contributed by atoms with van der Waals surface area (Å²) in [5.41, 5.74) is 9.57. The maximum absolute atomic E-state index is 2.40. The Morgan fingerprint density at radius 2 is 0.775 bits per heavy atom. The van der Waals surface area contributed by atoms with Gasteiger partial charge >= 0.3 is 0 Å². The molecule has 6 aromatic carbocycles. The molecule has 0 aliphatic rings. The van der Waals surface area contributed by atoms with E-state index in [0.717, 1.165) is 5.69 Å². The molecule has 2 aromatic heterocycles. The Balaban J connectivity index is 1.37. The van der Waals surface area contributed by atoms with Crippen LogP contribution in [-0.4, -0.2) is 9.13 Å². The zero-order valence-electron chi connectivity index (χ0n) is 21.9. The molecular weight excluding hydrogens is 484 g/mol. The minimum atomic E-state index is 1.16. The molecular formula is C38H26N2. The minimum absolute atomic E-state index is 1.16. The first-order valence-corrected chi connectivity index (χ1v) is 13.7. The van der Waals surface area contributed by atoms with Crippen molar-refractivity contribution in [3.05, 3.63) is 157 Å². The Labute approximate surface area is 232 Å². The molecule has 0 aliphatic carbocycles. The van der Waals surface area contributed by atoms with Gasteiger partial charge in [-0.2, -0.15) is 0 Å². The van der Waals surface area contributed by atoms with Gasteiger partial charge in [-0.1, -0.05) is 109 Å². The molecule has 0 unspecified atom stereocenters. The van der Waals surface area contributed by atoms with Crippen molar-refractivity contribution in [2.45, 2.75) is 0 Å². The second-order valence-electron chi connectivity index (χ2n) is 10.3. The fourth-order valence-electron chi connectivity index (χ4n) is 6.06. The number of para-hydroxylation sites is 3. The summed E-state index contributed by atoms with van der Waals surface area (Å²) >= 11 is 0. The summed E-state index contributed by atoms with van der Waals surface area (Å²) in [5, 5.41) is 5.09. The second kappa shape index (κ2) is 9.14. The average Bonchev–Trinajstić information content (AvgIpc) is 3.52. The lowest BCUT2D eigenvalue weighted by Crippen LogP contribution is -1.95. The molecule has 0 saturated carbocycles. The van der Waals surface area contributed by atoms with Gasteiger partial charge in [0.1, 0.15) is 0 Å². The molecule has 0 saturated heterocycles. The molecule has 2 heterocycles. The Morgan fingerprint density at radius 3 is 1.35 bits per heavy atom. The molecule has 8 aromatic rings. The summed E-state index contributed by atoms with van der Waals surface area (Å²) in [6.45, 7) is 0. The van der Waals surface area contributed by atoms with Crippen molar-refractivity contribution in [1.82, 2.24) is 9.13 Å². The van der Waals surface area contributed by atoms with E-state index in [1.54, 1.807) is 0 Å². The fourth-order valence-corrected chi connectivity index (χ4v) is 6.06. The highest BCUT2D eigenvalue weighted by molar-refractivity contribution is 6.19. The molecule has 0 spiro atoms. The number of fused-ring (bicyclic) bond motifs is 6. The lowest BCUT2D eigenvalue weighted by molar-refractivity contribution is 1.16. The van der Waals surface area contributed by atoms with Gasteiger partial charge in [-0.3, -0.25) is 0 Å². The summed E-state index contributed by atoms with van der Waals surface area (Å²) in [6.07, 6.45) is 4.33. The molecule has 40 heavy (non-hydrogen) atoms. The monoisotopic (exact) mass is 510 g/mol. The zero-order valence-corrected chi connectivity index (χ0v) is 21.9. The highest BCUT2D eigenvalue weighted by atomic mass is 15.0. The molecule has 8 rings (SSSR count). The number of nitrogens with zero attached hydrogens (tertiary/aromatic N) is 2. The summed E-state index contributed by atoms with van der Waals surface area (Å²) in [4.78, 5) is 0. The second-order valence-corrected chi connectivity index (χ2v) is 10.3. The topological polar surface area (TPSA) is 9.86 Å². The third kappa shape index (κ3) is 3.58. The van der Waals surface area contributed by atoms with Crippen LogP contribution in [0.3, 0.4) is 0 Å². The van der Waals surface area contributed by atoms with Crippen molar-refractivity contribution in [3.8, 4) is 11.4 Å². The van der Waals surface area contributed by atoms with Gasteiger partial charge < -0.3 is 9.13 Å². The van der Waals surface area contributed by atoms with Crippen LogP contribution in [-0.2, 0) is 0 Å². The van der Waals surface area contributed by atoms with Gasteiger partial charge in [0.2, 0.25) is 0 Å². The van der Waals surface area contributed by atoms with Crippen molar-refractivity contribution >= 4 is 55.8 Å². The lowest BCUT2D eigenvalue weighted by Gasteiger charge is -2.10. The van der Waals surface area contributed by atoms with Crippen LogP contribution < -0.4 is 0 Å². The van der Waals surface area contributed by atoms with Crippen LogP contribution in [0, 0.1) is 0 Å². The molecule has 0 fully saturated rings. The number of aromatic nitrogens is 2. The number of hydrogen-bond acceptors (Lipinski definition) is 0. The zero-order chi connectivity index (χ0) is 26.5. The summed E-state index contributed by atoms with van der Waals surface area (Å²) in [7, 11) is 0. The summed E-state index contributed by atoms with van der Waals surface area (Å²) in [5.74, 6) is 0. The van der Waals surface area contributed by atoms with Crippen molar-refractivity contribution < 1.29 is 0 Å². The van der Waals surface area contributed by atoms with Crippen molar-refractivity contribution in [3.63, 3.8) is 0 Å². The van der Waals surface area contributed by atoms with Gasteiger partial charge in [0, 0.05) is 32.9 Å². The van der Waals surface area contributed by atoms with Gasteiger partial charge in [-0.05, 0) is 59.7 Å². The highest BCUT2D eigenvalue weighted by Gasteiger charge is 2.18. The van der Waals surface area contributed by atoms with E-state index in [0.29, 0.717) is 0 Å². The van der Waals surface area contributed by atoms with Crippen LogP contribution in [0.25, 0.3) is 67.1 Å². The van der Waals surface area contributed by atoms with Gasteiger partial charge in [0.25, 0.3) is 0 Å². The first kappa shape index (κ1) is 22.6. The molecule has 2 nitrogen and oxygen atoms in total. The van der Waals surface area contributed by atoms with Crippen LogP contribution in [0.4, 0.5) is 0 Å². The first-order valence-electron chi connectivity index (χ1n) is 13.7. The highest BCUT2D eigenvalue weighted by Crippen LogP contribution is 2.39. The van der Waals surface area contributed by atoms with E-state index in [1.165, 1.54) is 60.4 Å². The van der Waals surface area contributed by atoms with Gasteiger partial charge in [-0.15, -0.1) is 0 Å². The third-order valence-electron chi connectivity index (χ3n) is 7.90. The Kier molecular flexibility index (Phi) is 5.17. The Hall–Kier alpha value is -5.34. The van der Waals surface area contributed by atoms with E-state index >= 15 is 0 Å². The van der Waals surface area contributed by atoms with Gasteiger partial charge in [0.15, 0.2) is 0 Å². The number of benzene rings is 6. The number of hydrogen-bond donors (Lipinski definition) is 0. The van der Waals surface area contributed by atoms with Crippen molar-refractivity contribution in [2.75, 3.05) is 0 Å². The quantitative estimate of drug-likeness (QED) is 0.208. The largest absolute Gasteiger partial charge is 0.309 e. The van der Waals surface area contributed by atoms with E-state index in [9.17, 15) is 0 Å². The van der Waals surface area contributed by atoms with Crippen LogP contribution in [0.5, 0.6) is 0 Å². The van der Waals surface area contributed by atoms with Crippen LogP contribution >= 0.6 is 0 Å². The standard InChI is InChI=1S/C38H26N2/c1-3-11-27(12-4-1)19-20-28-21-23-30(24-22-28)40-36-18-10-8-16-32(36)34-25-33-31-15-7-9-17-35(31)39(37(33)26-38(34)40)29-13-5-2-6-14-29/h1-26H/b20-19-. The average molecular weight is 511 g/mol. The maximum atomic E-state index is 2.40. The third-order valence-corrected chi connectivity index (χ3v) is 7.90. The van der Waals surface area contributed by atoms with E-state index in [2.05, 4.69) is 161 Å². The van der Waals surface area contributed by atoms with Gasteiger partial charge in [0.05, 0.1) is 22.1 Å².